The number of hydrogen-bond donors (Lipinski definition) is 1. The van der Waals surface area contributed by atoms with E-state index in [1.165, 1.54) is 30.5 Å². The first-order chi connectivity index (χ1) is 8.18. The maximum atomic E-state index is 5.29. The van der Waals surface area contributed by atoms with Crippen molar-refractivity contribution in [1.82, 2.24) is 15.1 Å². The molecular formula is C13H21N3O. The van der Waals surface area contributed by atoms with Crippen LogP contribution < -0.4 is 5.32 Å². The smallest absolute Gasteiger partial charge is 0.0554 e. The lowest BCUT2D eigenvalue weighted by molar-refractivity contribution is -0.100. The Balaban J connectivity index is 1.68. The van der Waals surface area contributed by atoms with Gasteiger partial charge in [-0.2, -0.15) is 5.10 Å². The van der Waals surface area contributed by atoms with E-state index in [1.54, 1.807) is 0 Å². The molecule has 1 unspecified atom stereocenters. The van der Waals surface area contributed by atoms with Crippen LogP contribution in [0.5, 0.6) is 0 Å². The van der Waals surface area contributed by atoms with Gasteiger partial charge < -0.3 is 10.1 Å². The van der Waals surface area contributed by atoms with E-state index >= 15 is 0 Å². The first kappa shape index (κ1) is 11.2. The van der Waals surface area contributed by atoms with Crippen LogP contribution in [-0.4, -0.2) is 29.5 Å². The Kier molecular flexibility index (Phi) is 2.71. The van der Waals surface area contributed by atoms with Gasteiger partial charge >= 0.3 is 0 Å². The van der Waals surface area contributed by atoms with Crippen molar-refractivity contribution in [3.05, 3.63) is 17.5 Å². The molecule has 3 rings (SSSR count). The molecule has 0 aromatic carbocycles. The van der Waals surface area contributed by atoms with Crippen molar-refractivity contribution < 1.29 is 4.74 Å². The van der Waals surface area contributed by atoms with E-state index < -0.39 is 0 Å². The number of aryl methyl sites for hydroxylation is 1. The van der Waals surface area contributed by atoms with Gasteiger partial charge in [-0.1, -0.05) is 6.92 Å². The van der Waals surface area contributed by atoms with Gasteiger partial charge in [-0.3, -0.25) is 4.68 Å². The van der Waals surface area contributed by atoms with Crippen molar-refractivity contribution in [3.8, 4) is 0 Å². The zero-order valence-corrected chi connectivity index (χ0v) is 10.7. The quantitative estimate of drug-likeness (QED) is 0.861. The number of aromatic nitrogens is 2. The lowest BCUT2D eigenvalue weighted by atomic mass is 9.87. The maximum Gasteiger partial charge on any atom is 0.0554 e. The van der Waals surface area contributed by atoms with Crippen LogP contribution in [0.3, 0.4) is 0 Å². The summed E-state index contributed by atoms with van der Waals surface area (Å²) in [5, 5.41) is 8.08. The topological polar surface area (TPSA) is 39.1 Å². The second-order valence-electron chi connectivity index (χ2n) is 5.80. The molecule has 0 bridgehead atoms. The third-order valence-electron chi connectivity index (χ3n) is 4.05. The molecule has 2 aliphatic rings. The fourth-order valence-electron chi connectivity index (χ4n) is 2.84. The Morgan fingerprint density at radius 3 is 3.12 bits per heavy atom. The molecule has 1 aromatic heterocycles. The molecule has 2 heterocycles. The maximum absolute atomic E-state index is 5.29. The Labute approximate surface area is 102 Å². The molecule has 0 spiro atoms. The van der Waals surface area contributed by atoms with E-state index in [4.69, 9.17) is 4.74 Å². The number of fused-ring (bicyclic) bond motifs is 1. The van der Waals surface area contributed by atoms with Gasteiger partial charge in [0.25, 0.3) is 0 Å². The minimum atomic E-state index is 0.347. The molecule has 4 nitrogen and oxygen atoms in total. The van der Waals surface area contributed by atoms with E-state index in [1.807, 2.05) is 17.9 Å². The number of rotatable bonds is 3. The summed E-state index contributed by atoms with van der Waals surface area (Å²) in [6.07, 6.45) is 5.70. The van der Waals surface area contributed by atoms with Crippen LogP contribution in [-0.2, 0) is 18.2 Å². The molecule has 4 heteroatoms. The summed E-state index contributed by atoms with van der Waals surface area (Å²) in [6, 6.07) is 0.491. The number of nitrogens with zero attached hydrogens (tertiary/aromatic N) is 2. The molecule has 94 valence electrons. The minimum Gasteiger partial charge on any atom is -0.380 e. The van der Waals surface area contributed by atoms with Crippen molar-refractivity contribution in [2.24, 2.45) is 12.5 Å². The Hall–Kier alpha value is -0.870. The summed E-state index contributed by atoms with van der Waals surface area (Å²) in [6.45, 7) is 5.13. The number of ether oxygens (including phenoxy) is 1. The monoisotopic (exact) mass is 235 g/mol. The van der Waals surface area contributed by atoms with Gasteiger partial charge in [0.1, 0.15) is 0 Å². The second-order valence-corrected chi connectivity index (χ2v) is 5.80. The van der Waals surface area contributed by atoms with Crippen molar-refractivity contribution in [1.29, 1.82) is 0 Å². The molecule has 17 heavy (non-hydrogen) atoms. The molecule has 1 aliphatic carbocycles. The average Bonchev–Trinajstić information content (AvgIpc) is 2.67. The van der Waals surface area contributed by atoms with Gasteiger partial charge in [0.15, 0.2) is 0 Å². The average molecular weight is 235 g/mol. The number of hydrogen-bond acceptors (Lipinski definition) is 3. The summed E-state index contributed by atoms with van der Waals surface area (Å²) >= 11 is 0. The normalized spacial score (nSPS) is 26.4. The van der Waals surface area contributed by atoms with Gasteiger partial charge in [-0.15, -0.1) is 0 Å². The summed E-state index contributed by atoms with van der Waals surface area (Å²) < 4.78 is 7.32. The van der Waals surface area contributed by atoms with Crippen LogP contribution in [0, 0.1) is 5.41 Å². The predicted octanol–water partition coefficient (Wildman–Crippen LogP) is 1.42. The van der Waals surface area contributed by atoms with Crippen molar-refractivity contribution in [2.75, 3.05) is 19.8 Å². The molecule has 0 saturated carbocycles. The predicted molar refractivity (Wildman–Crippen MR) is 65.8 cm³/mol. The summed E-state index contributed by atoms with van der Waals surface area (Å²) in [4.78, 5) is 0. The highest BCUT2D eigenvalue weighted by Gasteiger charge is 2.34. The lowest BCUT2D eigenvalue weighted by Crippen LogP contribution is -2.48. The molecule has 0 amide bonds. The summed E-state index contributed by atoms with van der Waals surface area (Å²) in [5.74, 6) is 0. The molecule has 1 N–H and O–H groups in total. The highest BCUT2D eigenvalue weighted by atomic mass is 16.5. The van der Waals surface area contributed by atoms with Crippen LogP contribution in [0.25, 0.3) is 0 Å². The second kappa shape index (κ2) is 4.10. The molecule has 1 saturated heterocycles. The summed E-state index contributed by atoms with van der Waals surface area (Å²) in [7, 11) is 2.04. The van der Waals surface area contributed by atoms with Crippen molar-refractivity contribution >= 4 is 0 Å². The first-order valence-corrected chi connectivity index (χ1v) is 6.50. The molecule has 1 aliphatic heterocycles. The van der Waals surface area contributed by atoms with E-state index in [2.05, 4.69) is 17.3 Å². The van der Waals surface area contributed by atoms with E-state index in [-0.39, 0.29) is 0 Å². The van der Waals surface area contributed by atoms with E-state index in [0.29, 0.717) is 11.5 Å². The van der Waals surface area contributed by atoms with Crippen LogP contribution in [0.1, 0.15) is 37.1 Å². The van der Waals surface area contributed by atoms with Crippen molar-refractivity contribution in [3.63, 3.8) is 0 Å². The Morgan fingerprint density at radius 1 is 1.59 bits per heavy atom. The molecule has 1 aromatic rings. The van der Waals surface area contributed by atoms with Gasteiger partial charge in [0, 0.05) is 36.3 Å². The third-order valence-corrected chi connectivity index (χ3v) is 4.05. The lowest BCUT2D eigenvalue weighted by Gasteiger charge is -2.39. The van der Waals surface area contributed by atoms with E-state index in [9.17, 15) is 0 Å². The Bertz CT molecular complexity index is 409. The standard InChI is InChI=1S/C13H21N3O/c1-13(8-17-9-13)7-14-11-4-3-5-12-10(11)6-15-16(12)2/h6,11,14H,3-5,7-9H2,1-2H3. The zero-order chi connectivity index (χ0) is 11.9. The first-order valence-electron chi connectivity index (χ1n) is 6.50. The minimum absolute atomic E-state index is 0.347. The van der Waals surface area contributed by atoms with Gasteiger partial charge in [0.2, 0.25) is 0 Å². The molecule has 0 radical (unpaired) electrons. The highest BCUT2D eigenvalue weighted by molar-refractivity contribution is 5.24. The van der Waals surface area contributed by atoms with Gasteiger partial charge in [-0.05, 0) is 19.3 Å². The highest BCUT2D eigenvalue weighted by Crippen LogP contribution is 2.31. The zero-order valence-electron chi connectivity index (χ0n) is 10.7. The third kappa shape index (κ3) is 2.00. The number of nitrogens with one attached hydrogen (secondary N) is 1. The fraction of sp³-hybridized carbons (Fsp3) is 0.769. The van der Waals surface area contributed by atoms with Crippen LogP contribution >= 0.6 is 0 Å². The molecular weight excluding hydrogens is 214 g/mol. The van der Waals surface area contributed by atoms with E-state index in [0.717, 1.165) is 19.8 Å². The summed E-state index contributed by atoms with van der Waals surface area (Å²) in [5.41, 5.74) is 3.16. The van der Waals surface area contributed by atoms with Crippen LogP contribution in [0.15, 0.2) is 6.20 Å². The van der Waals surface area contributed by atoms with Crippen molar-refractivity contribution in [2.45, 2.75) is 32.2 Å². The Morgan fingerprint density at radius 2 is 2.41 bits per heavy atom. The van der Waals surface area contributed by atoms with Crippen LogP contribution in [0.4, 0.5) is 0 Å². The van der Waals surface area contributed by atoms with Gasteiger partial charge in [-0.25, -0.2) is 0 Å². The van der Waals surface area contributed by atoms with Gasteiger partial charge in [0.05, 0.1) is 19.4 Å². The molecule has 1 atom stereocenters. The fourth-order valence-corrected chi connectivity index (χ4v) is 2.84. The SMILES string of the molecule is Cn1ncc2c1CCCC2NCC1(C)COC1. The van der Waals surface area contributed by atoms with Crippen LogP contribution in [0.2, 0.25) is 0 Å². The largest absolute Gasteiger partial charge is 0.380 e. The molecule has 1 fully saturated rings.